The molecule has 8 nitrogen and oxygen atoms in total. The molecule has 1 aromatic heterocycles. The fourth-order valence-electron chi connectivity index (χ4n) is 1.97. The van der Waals surface area contributed by atoms with Gasteiger partial charge in [0.15, 0.2) is 0 Å². The fourth-order valence-corrected chi connectivity index (χ4v) is 2.92. The van der Waals surface area contributed by atoms with Crippen molar-refractivity contribution in [3.63, 3.8) is 0 Å². The molecule has 0 radical (unpaired) electrons. The van der Waals surface area contributed by atoms with Crippen molar-refractivity contribution in [3.8, 4) is 0 Å². The van der Waals surface area contributed by atoms with Crippen LogP contribution in [0, 0.1) is 0 Å². The number of carbonyl (C=O) groups is 1. The minimum atomic E-state index is -3.31. The second-order valence-corrected chi connectivity index (χ2v) is 6.42. The molecule has 0 unspecified atom stereocenters. The summed E-state index contributed by atoms with van der Waals surface area (Å²) in [6, 6.07) is 0. The van der Waals surface area contributed by atoms with E-state index in [2.05, 4.69) is 20.3 Å². The Morgan fingerprint density at radius 3 is 3.05 bits per heavy atom. The highest BCUT2D eigenvalue weighted by atomic mass is 32.2. The third-order valence-corrected chi connectivity index (χ3v) is 4.36. The van der Waals surface area contributed by atoms with E-state index in [4.69, 9.17) is 0 Å². The van der Waals surface area contributed by atoms with Gasteiger partial charge in [0.25, 0.3) is 5.91 Å². The van der Waals surface area contributed by atoms with Crippen LogP contribution in [0.25, 0.3) is 0 Å². The maximum Gasteiger partial charge on any atom is 0.271 e. The van der Waals surface area contributed by atoms with Gasteiger partial charge in [0, 0.05) is 32.4 Å². The van der Waals surface area contributed by atoms with Crippen LogP contribution in [0.15, 0.2) is 6.20 Å². The summed E-state index contributed by atoms with van der Waals surface area (Å²) in [4.78, 5) is 16.1. The lowest BCUT2D eigenvalue weighted by Crippen LogP contribution is -2.34. The summed E-state index contributed by atoms with van der Waals surface area (Å²) < 4.78 is 27.1. The Hall–Kier alpha value is -1.61. The van der Waals surface area contributed by atoms with Gasteiger partial charge in [-0.1, -0.05) is 6.92 Å². The van der Waals surface area contributed by atoms with E-state index in [-0.39, 0.29) is 18.2 Å². The zero-order valence-electron chi connectivity index (χ0n) is 11.3. The van der Waals surface area contributed by atoms with Gasteiger partial charge >= 0.3 is 0 Å². The van der Waals surface area contributed by atoms with Crippen molar-refractivity contribution in [2.24, 2.45) is 0 Å². The molecule has 0 aliphatic carbocycles. The summed E-state index contributed by atoms with van der Waals surface area (Å²) in [7, 11) is -3.31. The van der Waals surface area contributed by atoms with Crippen LogP contribution in [0.4, 0.5) is 5.95 Å². The largest absolute Gasteiger partial charge is 0.356 e. The number of sulfonamides is 1. The Labute approximate surface area is 118 Å². The van der Waals surface area contributed by atoms with Crippen LogP contribution in [0.3, 0.4) is 0 Å². The summed E-state index contributed by atoms with van der Waals surface area (Å²) in [5.74, 6) is 0.181. The first-order valence-electron chi connectivity index (χ1n) is 6.58. The lowest BCUT2D eigenvalue weighted by Gasteiger charge is -2.14. The lowest BCUT2D eigenvalue weighted by atomic mass is 10.4. The monoisotopic (exact) mass is 301 g/mol. The fraction of sp³-hybridized carbons (Fsp3) is 0.636. The van der Waals surface area contributed by atoms with Crippen LogP contribution in [-0.2, 0) is 16.6 Å². The molecule has 1 aliphatic rings. The van der Waals surface area contributed by atoms with Crippen molar-refractivity contribution in [1.82, 2.24) is 19.6 Å². The van der Waals surface area contributed by atoms with Crippen molar-refractivity contribution < 1.29 is 13.2 Å². The van der Waals surface area contributed by atoms with Gasteiger partial charge in [-0.15, -0.1) is 0 Å². The van der Waals surface area contributed by atoms with Crippen LogP contribution in [0.2, 0.25) is 0 Å². The number of aryl methyl sites for hydroxylation is 1. The van der Waals surface area contributed by atoms with E-state index in [1.54, 1.807) is 13.1 Å². The van der Waals surface area contributed by atoms with E-state index in [1.165, 1.54) is 0 Å². The van der Waals surface area contributed by atoms with Gasteiger partial charge < -0.3 is 15.2 Å². The first-order chi connectivity index (χ1) is 9.52. The second kappa shape index (κ2) is 6.23. The Bertz CT molecular complexity index is 557. The lowest BCUT2D eigenvalue weighted by molar-refractivity contribution is 0.0951. The number of aromatic nitrogens is 2. The van der Waals surface area contributed by atoms with Crippen molar-refractivity contribution >= 4 is 21.9 Å². The summed E-state index contributed by atoms with van der Waals surface area (Å²) in [5.41, 5.74) is 0.301. The zero-order valence-corrected chi connectivity index (χ0v) is 12.2. The van der Waals surface area contributed by atoms with Gasteiger partial charge in [-0.3, -0.25) is 4.79 Å². The molecule has 1 aliphatic heterocycles. The average Bonchev–Trinajstić information content (AvgIpc) is 2.82. The van der Waals surface area contributed by atoms with E-state index in [9.17, 15) is 13.2 Å². The van der Waals surface area contributed by atoms with E-state index < -0.39 is 10.0 Å². The number of anilines is 1. The minimum absolute atomic E-state index is 0.0593. The number of hydrogen-bond donors (Lipinski definition) is 3. The predicted molar refractivity (Wildman–Crippen MR) is 75.1 cm³/mol. The Morgan fingerprint density at radius 2 is 2.35 bits per heavy atom. The molecule has 1 aromatic rings. The van der Waals surface area contributed by atoms with Crippen LogP contribution in [0.1, 0.15) is 23.8 Å². The minimum Gasteiger partial charge on any atom is -0.356 e. The van der Waals surface area contributed by atoms with Gasteiger partial charge in [0.2, 0.25) is 16.0 Å². The summed E-state index contributed by atoms with van der Waals surface area (Å²) in [6.45, 7) is 3.79. The molecule has 0 bridgehead atoms. The molecular weight excluding hydrogens is 282 g/mol. The van der Waals surface area contributed by atoms with Gasteiger partial charge in [0.05, 0.1) is 5.75 Å². The number of amides is 1. The van der Waals surface area contributed by atoms with E-state index in [0.717, 1.165) is 19.5 Å². The highest BCUT2D eigenvalue weighted by Gasteiger charge is 2.17. The summed E-state index contributed by atoms with van der Waals surface area (Å²) in [5, 5.41) is 5.66. The Balaban J connectivity index is 1.88. The number of hydrogen-bond acceptors (Lipinski definition) is 5. The van der Waals surface area contributed by atoms with Gasteiger partial charge in [-0.25, -0.2) is 18.1 Å². The standard InChI is InChI=1S/C11H19N5O3S/c1-2-14-20(18,19)7-5-12-10(17)9-8-16-6-3-4-13-11(16)15-9/h8,14H,2-7H2,1H3,(H,12,17)(H,13,15). The van der Waals surface area contributed by atoms with Gasteiger partial charge in [0.1, 0.15) is 5.69 Å². The number of carbonyl (C=O) groups excluding carboxylic acids is 1. The maximum absolute atomic E-state index is 11.9. The first-order valence-corrected chi connectivity index (χ1v) is 8.23. The van der Waals surface area contributed by atoms with Crippen molar-refractivity contribution in [2.45, 2.75) is 19.9 Å². The van der Waals surface area contributed by atoms with Crippen molar-refractivity contribution in [3.05, 3.63) is 11.9 Å². The molecule has 0 fully saturated rings. The molecule has 0 aromatic carbocycles. The molecule has 112 valence electrons. The number of imidazole rings is 1. The number of nitrogens with zero attached hydrogens (tertiary/aromatic N) is 2. The molecule has 2 heterocycles. The SMILES string of the molecule is CCNS(=O)(=O)CCNC(=O)c1cn2c(n1)NCCC2. The molecule has 1 amide bonds. The summed E-state index contributed by atoms with van der Waals surface area (Å²) >= 11 is 0. The molecule has 2 rings (SSSR count). The summed E-state index contributed by atoms with van der Waals surface area (Å²) in [6.07, 6.45) is 2.67. The normalized spacial score (nSPS) is 14.4. The smallest absolute Gasteiger partial charge is 0.271 e. The highest BCUT2D eigenvalue weighted by molar-refractivity contribution is 7.89. The quantitative estimate of drug-likeness (QED) is 0.649. The van der Waals surface area contributed by atoms with E-state index in [1.807, 2.05) is 4.57 Å². The van der Waals surface area contributed by atoms with Crippen LogP contribution >= 0.6 is 0 Å². The first kappa shape index (κ1) is 14.8. The van der Waals surface area contributed by atoms with E-state index >= 15 is 0 Å². The molecule has 3 N–H and O–H groups in total. The number of nitrogens with one attached hydrogen (secondary N) is 3. The van der Waals surface area contributed by atoms with Crippen molar-refractivity contribution in [2.75, 3.05) is 30.7 Å². The van der Waals surface area contributed by atoms with Crippen molar-refractivity contribution in [1.29, 1.82) is 0 Å². The maximum atomic E-state index is 11.9. The molecule has 0 saturated heterocycles. The van der Waals surface area contributed by atoms with Gasteiger partial charge in [-0.05, 0) is 6.42 Å². The highest BCUT2D eigenvalue weighted by Crippen LogP contribution is 2.13. The topological polar surface area (TPSA) is 105 Å². The average molecular weight is 301 g/mol. The van der Waals surface area contributed by atoms with Crippen LogP contribution < -0.4 is 15.4 Å². The van der Waals surface area contributed by atoms with E-state index in [0.29, 0.717) is 18.2 Å². The molecule has 9 heteroatoms. The number of rotatable bonds is 6. The third kappa shape index (κ3) is 3.70. The van der Waals surface area contributed by atoms with Crippen LogP contribution in [-0.4, -0.2) is 49.3 Å². The van der Waals surface area contributed by atoms with Gasteiger partial charge in [-0.2, -0.15) is 0 Å². The predicted octanol–water partition coefficient (Wildman–Crippen LogP) is -0.632. The molecular formula is C11H19N5O3S. The molecule has 0 spiro atoms. The molecule has 20 heavy (non-hydrogen) atoms. The zero-order chi connectivity index (χ0) is 14.6. The van der Waals surface area contributed by atoms with Crippen LogP contribution in [0.5, 0.6) is 0 Å². The molecule has 0 atom stereocenters. The Morgan fingerprint density at radius 1 is 1.55 bits per heavy atom. The third-order valence-electron chi connectivity index (χ3n) is 2.89. The molecule has 0 saturated carbocycles. The number of fused-ring (bicyclic) bond motifs is 1. The second-order valence-electron chi connectivity index (χ2n) is 4.50. The Kier molecular flexibility index (Phi) is 4.61.